The summed E-state index contributed by atoms with van der Waals surface area (Å²) in [5.74, 6) is 5.32. The fourth-order valence-electron chi connectivity index (χ4n) is 1.02. The molecule has 0 aromatic rings. The van der Waals surface area contributed by atoms with Crippen molar-refractivity contribution in [3.63, 3.8) is 0 Å². The van der Waals surface area contributed by atoms with Gasteiger partial charge in [0.15, 0.2) is 6.29 Å². The molecule has 12 heavy (non-hydrogen) atoms. The molecule has 0 heterocycles. The molecule has 1 unspecified atom stereocenters. The molecule has 0 saturated heterocycles. The van der Waals surface area contributed by atoms with Crippen LogP contribution in [0, 0.1) is 0 Å². The molecule has 0 rings (SSSR count). The van der Waals surface area contributed by atoms with Gasteiger partial charge in [0.2, 0.25) is 0 Å². The summed E-state index contributed by atoms with van der Waals surface area (Å²) in [4.78, 5) is 0. The normalized spacial score (nSPS) is 13.3. The Kier molecular flexibility index (Phi) is 6.99. The number of hydrogen-bond acceptors (Lipinski definition) is 4. The molecule has 0 bridgehead atoms. The molecule has 0 aliphatic carbocycles. The van der Waals surface area contributed by atoms with E-state index in [9.17, 15) is 0 Å². The summed E-state index contributed by atoms with van der Waals surface area (Å²) in [6.45, 7) is 3.63. The average molecular weight is 174 g/mol. The topological polar surface area (TPSA) is 56.5 Å². The van der Waals surface area contributed by atoms with Crippen molar-refractivity contribution in [1.29, 1.82) is 0 Å². The molecule has 72 valence electrons. The Balaban J connectivity index is 3.83. The summed E-state index contributed by atoms with van der Waals surface area (Å²) < 4.78 is 10.1. The molecule has 1 atom stereocenters. The highest BCUT2D eigenvalue weighted by Crippen LogP contribution is 2.05. The molecule has 0 aromatic heterocycles. The number of nitrogens with two attached hydrogens (primary N) is 1. The van der Waals surface area contributed by atoms with Gasteiger partial charge in [-0.3, -0.25) is 11.3 Å². The molecule has 4 heteroatoms. The van der Waals surface area contributed by atoms with Gasteiger partial charge in [0.25, 0.3) is 0 Å². The summed E-state index contributed by atoms with van der Waals surface area (Å²) >= 11 is 0. The second kappa shape index (κ2) is 7.24. The number of nitrogens with one attached hydrogen (secondary N) is 1. The van der Waals surface area contributed by atoms with Gasteiger partial charge in [0.1, 0.15) is 0 Å². The van der Waals surface area contributed by atoms with E-state index in [-0.39, 0.29) is 12.3 Å². The van der Waals surface area contributed by atoms with Crippen molar-refractivity contribution in [2.45, 2.75) is 25.2 Å². The van der Waals surface area contributed by atoms with Crippen LogP contribution in [-0.2, 0) is 9.47 Å². The van der Waals surface area contributed by atoms with Gasteiger partial charge in [-0.25, -0.2) is 0 Å². The number of methoxy groups -OCH3 is 2. The molecule has 4 nitrogen and oxygen atoms in total. The monoisotopic (exact) mass is 174 g/mol. The zero-order valence-electron chi connectivity index (χ0n) is 7.75. The number of hydrazine groups is 1. The molecule has 0 aromatic carbocycles. The highest BCUT2D eigenvalue weighted by molar-refractivity contribution is 4.74. The predicted octanol–water partition coefficient (Wildman–Crippen LogP) is 0.403. The van der Waals surface area contributed by atoms with Crippen LogP contribution in [0.1, 0.15) is 12.8 Å². The van der Waals surface area contributed by atoms with E-state index in [1.165, 1.54) is 0 Å². The second-order valence-electron chi connectivity index (χ2n) is 2.48. The molecule has 0 radical (unpaired) electrons. The van der Waals surface area contributed by atoms with E-state index in [1.54, 1.807) is 14.2 Å². The SMILES string of the molecule is C=CCCC(NN)C(OC)OC. The van der Waals surface area contributed by atoms with Crippen LogP contribution < -0.4 is 11.3 Å². The van der Waals surface area contributed by atoms with Gasteiger partial charge >= 0.3 is 0 Å². The molecule has 0 aliphatic rings. The van der Waals surface area contributed by atoms with Gasteiger partial charge in [-0.05, 0) is 12.8 Å². The highest BCUT2D eigenvalue weighted by atomic mass is 16.7. The first-order chi connectivity index (χ1) is 5.79. The van der Waals surface area contributed by atoms with Crippen molar-refractivity contribution < 1.29 is 9.47 Å². The van der Waals surface area contributed by atoms with Crippen LogP contribution in [0.15, 0.2) is 12.7 Å². The molecule has 0 fully saturated rings. The lowest BCUT2D eigenvalue weighted by atomic mass is 10.1. The summed E-state index contributed by atoms with van der Waals surface area (Å²) in [7, 11) is 3.18. The molecular formula is C8H18N2O2. The highest BCUT2D eigenvalue weighted by Gasteiger charge is 2.17. The van der Waals surface area contributed by atoms with Crippen LogP contribution >= 0.6 is 0 Å². The quantitative estimate of drug-likeness (QED) is 0.254. The van der Waals surface area contributed by atoms with E-state index < -0.39 is 0 Å². The fraction of sp³-hybridized carbons (Fsp3) is 0.750. The lowest BCUT2D eigenvalue weighted by molar-refractivity contribution is -0.124. The first-order valence-corrected chi connectivity index (χ1v) is 3.92. The summed E-state index contributed by atoms with van der Waals surface area (Å²) in [5, 5.41) is 0. The Morgan fingerprint density at radius 3 is 2.42 bits per heavy atom. The third-order valence-electron chi connectivity index (χ3n) is 1.69. The fourth-order valence-corrected chi connectivity index (χ4v) is 1.02. The van der Waals surface area contributed by atoms with E-state index in [0.29, 0.717) is 0 Å². The first kappa shape index (κ1) is 11.6. The molecule has 0 amide bonds. The van der Waals surface area contributed by atoms with Crippen molar-refractivity contribution in [3.8, 4) is 0 Å². The van der Waals surface area contributed by atoms with Crippen LogP contribution in [0.2, 0.25) is 0 Å². The minimum Gasteiger partial charge on any atom is -0.354 e. The van der Waals surface area contributed by atoms with Gasteiger partial charge in [0.05, 0.1) is 6.04 Å². The molecular weight excluding hydrogens is 156 g/mol. The van der Waals surface area contributed by atoms with Crippen LogP contribution in [0.25, 0.3) is 0 Å². The Labute approximate surface area is 73.7 Å². The number of allylic oxidation sites excluding steroid dienone is 1. The molecule has 0 spiro atoms. The molecule has 0 saturated carbocycles. The van der Waals surface area contributed by atoms with Crippen molar-refractivity contribution in [2.75, 3.05) is 14.2 Å². The Bertz CT molecular complexity index is 116. The summed E-state index contributed by atoms with van der Waals surface area (Å²) in [5.41, 5.74) is 2.64. The standard InChI is InChI=1S/C8H18N2O2/c1-4-5-6-7(10-9)8(11-2)12-3/h4,7-8,10H,1,5-6,9H2,2-3H3. The van der Waals surface area contributed by atoms with E-state index in [1.807, 2.05) is 6.08 Å². The smallest absolute Gasteiger partial charge is 0.173 e. The van der Waals surface area contributed by atoms with Crippen molar-refractivity contribution in [3.05, 3.63) is 12.7 Å². The number of hydrogen-bond donors (Lipinski definition) is 2. The second-order valence-corrected chi connectivity index (χ2v) is 2.48. The number of rotatable bonds is 7. The van der Waals surface area contributed by atoms with Crippen LogP contribution in [-0.4, -0.2) is 26.6 Å². The van der Waals surface area contributed by atoms with Crippen LogP contribution in [0.5, 0.6) is 0 Å². The maximum Gasteiger partial charge on any atom is 0.173 e. The Morgan fingerprint density at radius 2 is 2.08 bits per heavy atom. The third kappa shape index (κ3) is 3.82. The minimum absolute atomic E-state index is 0.0120. The minimum atomic E-state index is -0.296. The summed E-state index contributed by atoms with van der Waals surface area (Å²) in [6, 6.07) is 0.0120. The lowest BCUT2D eigenvalue weighted by Gasteiger charge is -2.23. The van der Waals surface area contributed by atoms with Gasteiger partial charge in [-0.15, -0.1) is 6.58 Å². The van der Waals surface area contributed by atoms with Crippen molar-refractivity contribution in [1.82, 2.24) is 5.43 Å². The maximum atomic E-state index is 5.32. The predicted molar refractivity (Wildman–Crippen MR) is 48.3 cm³/mol. The number of ether oxygens (including phenoxy) is 2. The largest absolute Gasteiger partial charge is 0.354 e. The van der Waals surface area contributed by atoms with E-state index in [4.69, 9.17) is 15.3 Å². The Morgan fingerprint density at radius 1 is 1.50 bits per heavy atom. The van der Waals surface area contributed by atoms with Gasteiger partial charge in [-0.1, -0.05) is 6.08 Å². The van der Waals surface area contributed by atoms with Gasteiger partial charge in [-0.2, -0.15) is 0 Å². The van der Waals surface area contributed by atoms with Crippen LogP contribution in [0.4, 0.5) is 0 Å². The lowest BCUT2D eigenvalue weighted by Crippen LogP contribution is -2.45. The molecule has 0 aliphatic heterocycles. The van der Waals surface area contributed by atoms with E-state index in [2.05, 4.69) is 12.0 Å². The Hall–Kier alpha value is -0.420. The first-order valence-electron chi connectivity index (χ1n) is 3.92. The van der Waals surface area contributed by atoms with Gasteiger partial charge in [0, 0.05) is 14.2 Å². The van der Waals surface area contributed by atoms with Gasteiger partial charge < -0.3 is 9.47 Å². The van der Waals surface area contributed by atoms with Crippen LogP contribution in [0.3, 0.4) is 0 Å². The third-order valence-corrected chi connectivity index (χ3v) is 1.69. The zero-order chi connectivity index (χ0) is 9.40. The van der Waals surface area contributed by atoms with E-state index in [0.717, 1.165) is 12.8 Å². The zero-order valence-corrected chi connectivity index (χ0v) is 7.75. The van der Waals surface area contributed by atoms with E-state index >= 15 is 0 Å². The average Bonchev–Trinajstić information content (AvgIpc) is 2.12. The summed E-state index contributed by atoms with van der Waals surface area (Å²) in [6.07, 6.45) is 3.28. The van der Waals surface area contributed by atoms with Crippen molar-refractivity contribution >= 4 is 0 Å². The molecule has 3 N–H and O–H groups in total. The van der Waals surface area contributed by atoms with Crippen molar-refractivity contribution in [2.24, 2.45) is 5.84 Å². The maximum absolute atomic E-state index is 5.32.